The minimum atomic E-state index is -3.94. The standard InChI is InChI=1S/C21H25ClN2O6S/c1-13(2)20(24-31(26,27)15-7-5-14(28-3)6-8-15)21(25)23-17-12-19-18(11-16(17)22)29-9-4-10-30-19/h5-8,11-13,20,24H,4,9-10H2,1-3H3,(H,23,25)/t20-/m0/s1. The van der Waals surface area contributed by atoms with Crippen molar-refractivity contribution in [1.29, 1.82) is 0 Å². The van der Waals surface area contributed by atoms with Gasteiger partial charge < -0.3 is 19.5 Å². The van der Waals surface area contributed by atoms with E-state index in [4.69, 9.17) is 25.8 Å². The zero-order valence-electron chi connectivity index (χ0n) is 17.5. The van der Waals surface area contributed by atoms with Crippen molar-refractivity contribution in [2.75, 3.05) is 25.6 Å². The van der Waals surface area contributed by atoms with E-state index in [0.717, 1.165) is 6.42 Å². The Bertz CT molecular complexity index is 1040. The van der Waals surface area contributed by atoms with Crippen molar-refractivity contribution < 1.29 is 27.4 Å². The third-order valence-electron chi connectivity index (χ3n) is 4.70. The van der Waals surface area contributed by atoms with E-state index in [9.17, 15) is 13.2 Å². The molecule has 1 atom stereocenters. The van der Waals surface area contributed by atoms with Gasteiger partial charge >= 0.3 is 0 Å². The van der Waals surface area contributed by atoms with Crippen molar-refractivity contribution in [2.24, 2.45) is 5.92 Å². The van der Waals surface area contributed by atoms with E-state index in [-0.39, 0.29) is 15.8 Å². The van der Waals surface area contributed by atoms with Crippen molar-refractivity contribution in [2.45, 2.75) is 31.2 Å². The first kappa shape index (κ1) is 23.2. The highest BCUT2D eigenvalue weighted by Gasteiger charge is 2.29. The number of anilines is 1. The number of carbonyl (C=O) groups excluding carboxylic acids is 1. The number of sulfonamides is 1. The van der Waals surface area contributed by atoms with Crippen LogP contribution in [-0.4, -0.2) is 40.7 Å². The zero-order chi connectivity index (χ0) is 22.6. The molecule has 1 aliphatic rings. The maximum absolute atomic E-state index is 13.0. The number of hydrogen-bond donors (Lipinski definition) is 2. The molecule has 168 valence electrons. The van der Waals surface area contributed by atoms with Gasteiger partial charge in [0.15, 0.2) is 11.5 Å². The first-order chi connectivity index (χ1) is 14.7. The molecule has 0 saturated heterocycles. The van der Waals surface area contributed by atoms with E-state index in [1.54, 1.807) is 26.0 Å². The Hall–Kier alpha value is -2.49. The van der Waals surface area contributed by atoms with Crippen LogP contribution in [0.3, 0.4) is 0 Å². The Labute approximate surface area is 186 Å². The van der Waals surface area contributed by atoms with Gasteiger partial charge in [0.2, 0.25) is 15.9 Å². The number of methoxy groups -OCH3 is 1. The van der Waals surface area contributed by atoms with Crippen molar-refractivity contribution in [1.82, 2.24) is 4.72 Å². The van der Waals surface area contributed by atoms with E-state index in [2.05, 4.69) is 10.0 Å². The summed E-state index contributed by atoms with van der Waals surface area (Å²) in [6.45, 7) is 4.49. The fraction of sp³-hybridized carbons (Fsp3) is 0.381. The van der Waals surface area contributed by atoms with Crippen LogP contribution in [0.25, 0.3) is 0 Å². The molecule has 0 aliphatic carbocycles. The van der Waals surface area contributed by atoms with Crippen molar-refractivity contribution in [3.63, 3.8) is 0 Å². The molecule has 2 aromatic carbocycles. The number of carbonyl (C=O) groups is 1. The van der Waals surface area contributed by atoms with Crippen molar-refractivity contribution in [3.8, 4) is 17.2 Å². The number of benzene rings is 2. The lowest BCUT2D eigenvalue weighted by Gasteiger charge is -2.22. The summed E-state index contributed by atoms with van der Waals surface area (Å²) in [6, 6.07) is 8.03. The molecule has 2 aromatic rings. The molecular formula is C21H25ClN2O6S. The molecule has 1 aliphatic heterocycles. The third kappa shape index (κ3) is 5.61. The van der Waals surface area contributed by atoms with Crippen LogP contribution in [-0.2, 0) is 14.8 Å². The highest BCUT2D eigenvalue weighted by atomic mass is 35.5. The Morgan fingerprint density at radius 2 is 1.71 bits per heavy atom. The lowest BCUT2D eigenvalue weighted by Crippen LogP contribution is -2.47. The molecule has 10 heteroatoms. The van der Waals surface area contributed by atoms with Gasteiger partial charge in [-0.25, -0.2) is 8.42 Å². The van der Waals surface area contributed by atoms with Gasteiger partial charge in [0.25, 0.3) is 0 Å². The molecule has 0 radical (unpaired) electrons. The summed E-state index contributed by atoms with van der Waals surface area (Å²) in [5, 5.41) is 2.96. The fourth-order valence-corrected chi connectivity index (χ4v) is 4.52. The van der Waals surface area contributed by atoms with Gasteiger partial charge in [-0.3, -0.25) is 4.79 Å². The summed E-state index contributed by atoms with van der Waals surface area (Å²) in [6.07, 6.45) is 0.733. The topological polar surface area (TPSA) is 103 Å². The molecule has 0 aromatic heterocycles. The lowest BCUT2D eigenvalue weighted by atomic mass is 10.0. The molecule has 0 unspecified atom stereocenters. The molecule has 0 bridgehead atoms. The molecule has 0 fully saturated rings. The summed E-state index contributed by atoms with van der Waals surface area (Å²) in [5.41, 5.74) is 0.310. The molecule has 31 heavy (non-hydrogen) atoms. The van der Waals surface area contributed by atoms with E-state index in [1.807, 2.05) is 0 Å². The van der Waals surface area contributed by atoms with Crippen LogP contribution >= 0.6 is 11.6 Å². The van der Waals surface area contributed by atoms with Gasteiger partial charge in [-0.15, -0.1) is 0 Å². The Balaban J connectivity index is 1.80. The summed E-state index contributed by atoms with van der Waals surface area (Å²) in [4.78, 5) is 13.0. The first-order valence-electron chi connectivity index (χ1n) is 9.77. The number of hydrogen-bond acceptors (Lipinski definition) is 6. The average Bonchev–Trinajstić information content (AvgIpc) is 2.97. The third-order valence-corrected chi connectivity index (χ3v) is 6.47. The van der Waals surface area contributed by atoms with Crippen LogP contribution in [0.4, 0.5) is 5.69 Å². The highest BCUT2D eigenvalue weighted by molar-refractivity contribution is 7.89. The van der Waals surface area contributed by atoms with Gasteiger partial charge in [-0.2, -0.15) is 4.72 Å². The minimum Gasteiger partial charge on any atom is -0.497 e. The fourth-order valence-electron chi connectivity index (χ4n) is 2.97. The molecule has 8 nitrogen and oxygen atoms in total. The zero-order valence-corrected chi connectivity index (χ0v) is 19.0. The molecular weight excluding hydrogens is 444 g/mol. The number of fused-ring (bicyclic) bond motifs is 1. The SMILES string of the molecule is COc1ccc(S(=O)(=O)N[C@H](C(=O)Nc2cc3c(cc2Cl)OCCCO3)C(C)C)cc1. The van der Waals surface area contributed by atoms with Crippen LogP contribution in [0.15, 0.2) is 41.3 Å². The van der Waals surface area contributed by atoms with Gasteiger partial charge in [0, 0.05) is 18.6 Å². The second-order valence-corrected chi connectivity index (χ2v) is 9.46. The highest BCUT2D eigenvalue weighted by Crippen LogP contribution is 2.37. The quantitative estimate of drug-likeness (QED) is 0.645. The van der Waals surface area contributed by atoms with Crippen LogP contribution in [0.2, 0.25) is 5.02 Å². The van der Waals surface area contributed by atoms with Gasteiger partial charge in [0.1, 0.15) is 11.8 Å². The summed E-state index contributed by atoms with van der Waals surface area (Å²) < 4.78 is 44.4. The second-order valence-electron chi connectivity index (χ2n) is 7.34. The number of amides is 1. The predicted octanol–water partition coefficient (Wildman–Crippen LogP) is 3.45. The largest absolute Gasteiger partial charge is 0.497 e. The first-order valence-corrected chi connectivity index (χ1v) is 11.6. The average molecular weight is 469 g/mol. The molecule has 1 amide bonds. The predicted molar refractivity (Wildman–Crippen MR) is 118 cm³/mol. The maximum atomic E-state index is 13.0. The lowest BCUT2D eigenvalue weighted by molar-refractivity contribution is -0.118. The maximum Gasteiger partial charge on any atom is 0.242 e. The van der Waals surface area contributed by atoms with Gasteiger partial charge in [0.05, 0.1) is 35.9 Å². The van der Waals surface area contributed by atoms with Crippen LogP contribution in [0.5, 0.6) is 17.2 Å². The Morgan fingerprint density at radius 1 is 1.10 bits per heavy atom. The number of halogens is 1. The Kier molecular flexibility index (Phi) is 7.30. The number of nitrogens with one attached hydrogen (secondary N) is 2. The molecule has 3 rings (SSSR count). The number of rotatable bonds is 7. The van der Waals surface area contributed by atoms with E-state index >= 15 is 0 Å². The normalized spacial score (nSPS) is 14.6. The minimum absolute atomic E-state index is 0.0281. The summed E-state index contributed by atoms with van der Waals surface area (Å²) in [7, 11) is -2.45. The van der Waals surface area contributed by atoms with Crippen molar-refractivity contribution >= 4 is 33.2 Å². The molecule has 2 N–H and O–H groups in total. The van der Waals surface area contributed by atoms with Crippen molar-refractivity contribution in [3.05, 3.63) is 41.4 Å². The van der Waals surface area contributed by atoms with E-state index in [0.29, 0.717) is 36.1 Å². The monoisotopic (exact) mass is 468 g/mol. The van der Waals surface area contributed by atoms with Crippen LogP contribution in [0, 0.1) is 5.92 Å². The smallest absolute Gasteiger partial charge is 0.242 e. The van der Waals surface area contributed by atoms with Crippen LogP contribution in [0.1, 0.15) is 20.3 Å². The molecule has 1 heterocycles. The van der Waals surface area contributed by atoms with E-state index < -0.39 is 22.0 Å². The van der Waals surface area contributed by atoms with Crippen LogP contribution < -0.4 is 24.2 Å². The van der Waals surface area contributed by atoms with E-state index in [1.165, 1.54) is 31.4 Å². The van der Waals surface area contributed by atoms with Gasteiger partial charge in [-0.05, 0) is 30.2 Å². The second kappa shape index (κ2) is 9.76. The van der Waals surface area contributed by atoms with Gasteiger partial charge in [-0.1, -0.05) is 25.4 Å². The summed E-state index contributed by atoms with van der Waals surface area (Å²) in [5.74, 6) is 0.634. The molecule has 0 spiro atoms. The molecule has 0 saturated carbocycles. The Morgan fingerprint density at radius 3 is 2.29 bits per heavy atom. The summed E-state index contributed by atoms with van der Waals surface area (Å²) >= 11 is 6.30. The number of ether oxygens (including phenoxy) is 3.